The highest BCUT2D eigenvalue weighted by Gasteiger charge is 2.14. The first-order valence-corrected chi connectivity index (χ1v) is 8.18. The molecule has 122 valence electrons. The molecular weight excluding hydrogens is 333 g/mol. The maximum atomic E-state index is 12.2. The van der Waals surface area contributed by atoms with E-state index in [9.17, 15) is 4.79 Å². The second kappa shape index (κ2) is 7.66. The van der Waals surface area contributed by atoms with Crippen molar-refractivity contribution in [1.29, 1.82) is 0 Å². The number of carbonyl (C=O) groups excluding carboxylic acids is 1. The van der Waals surface area contributed by atoms with Gasteiger partial charge in [-0.15, -0.1) is 0 Å². The normalized spacial score (nSPS) is 10.7. The summed E-state index contributed by atoms with van der Waals surface area (Å²) in [6.07, 6.45) is 0. The molecule has 1 heterocycles. The number of anilines is 2. The fourth-order valence-corrected chi connectivity index (χ4v) is 2.69. The molecule has 0 fully saturated rings. The first-order valence-electron chi connectivity index (χ1n) is 7.42. The monoisotopic (exact) mass is 351 g/mol. The SMILES string of the molecule is CCN(c1ccc(NC(=O)c2nc(Cl)ccc2Cl)cc1)C(C)C. The number of carbonyl (C=O) groups is 1. The van der Waals surface area contributed by atoms with Crippen LogP contribution in [-0.4, -0.2) is 23.5 Å². The van der Waals surface area contributed by atoms with E-state index in [2.05, 4.69) is 36.0 Å². The molecule has 0 unspecified atom stereocenters. The third-order valence-electron chi connectivity index (χ3n) is 3.45. The largest absolute Gasteiger partial charge is 0.369 e. The van der Waals surface area contributed by atoms with Crippen LogP contribution >= 0.6 is 23.2 Å². The molecule has 0 aliphatic heterocycles. The van der Waals surface area contributed by atoms with Crippen LogP contribution in [0.4, 0.5) is 11.4 Å². The molecule has 2 rings (SSSR count). The number of hydrogen-bond donors (Lipinski definition) is 1. The van der Waals surface area contributed by atoms with Crippen molar-refractivity contribution in [2.75, 3.05) is 16.8 Å². The predicted molar refractivity (Wildman–Crippen MR) is 96.8 cm³/mol. The molecule has 4 nitrogen and oxygen atoms in total. The number of halogens is 2. The zero-order valence-corrected chi connectivity index (χ0v) is 14.8. The van der Waals surface area contributed by atoms with Crippen LogP contribution in [0.25, 0.3) is 0 Å². The molecule has 0 saturated heterocycles. The standard InChI is InChI=1S/C17H19Cl2N3O/c1-4-22(11(2)3)13-7-5-12(6-8-13)20-17(23)16-14(18)9-10-15(19)21-16/h5-11H,4H2,1-3H3,(H,20,23). The zero-order valence-electron chi connectivity index (χ0n) is 13.3. The number of pyridine rings is 1. The number of nitrogens with zero attached hydrogens (tertiary/aromatic N) is 2. The van der Waals surface area contributed by atoms with Crippen LogP contribution in [0.2, 0.25) is 10.2 Å². The first-order chi connectivity index (χ1) is 10.9. The Morgan fingerprint density at radius 3 is 2.39 bits per heavy atom. The molecule has 0 radical (unpaired) electrons. The Morgan fingerprint density at radius 1 is 1.17 bits per heavy atom. The Bertz CT molecular complexity index is 687. The lowest BCUT2D eigenvalue weighted by atomic mass is 10.2. The van der Waals surface area contributed by atoms with Gasteiger partial charge in [-0.3, -0.25) is 4.79 Å². The summed E-state index contributed by atoms with van der Waals surface area (Å²) in [5.41, 5.74) is 1.90. The van der Waals surface area contributed by atoms with Crippen LogP contribution in [0.5, 0.6) is 0 Å². The first kappa shape index (κ1) is 17.6. The van der Waals surface area contributed by atoms with Crippen LogP contribution in [-0.2, 0) is 0 Å². The number of benzene rings is 1. The van der Waals surface area contributed by atoms with Gasteiger partial charge in [0.1, 0.15) is 10.8 Å². The van der Waals surface area contributed by atoms with Gasteiger partial charge in [0.25, 0.3) is 5.91 Å². The number of rotatable bonds is 5. The Morgan fingerprint density at radius 2 is 1.83 bits per heavy atom. The van der Waals surface area contributed by atoms with Crippen molar-refractivity contribution in [1.82, 2.24) is 4.98 Å². The van der Waals surface area contributed by atoms with Gasteiger partial charge in [0, 0.05) is 24.0 Å². The van der Waals surface area contributed by atoms with E-state index in [0.717, 1.165) is 12.2 Å². The van der Waals surface area contributed by atoms with E-state index in [0.29, 0.717) is 11.7 Å². The number of hydrogen-bond acceptors (Lipinski definition) is 3. The Labute approximate surface area is 146 Å². The van der Waals surface area contributed by atoms with Crippen LogP contribution in [0.1, 0.15) is 31.3 Å². The van der Waals surface area contributed by atoms with Crippen LogP contribution in [0.15, 0.2) is 36.4 Å². The van der Waals surface area contributed by atoms with Crippen LogP contribution in [0.3, 0.4) is 0 Å². The van der Waals surface area contributed by atoms with E-state index in [1.165, 1.54) is 0 Å². The van der Waals surface area contributed by atoms with Crippen molar-refractivity contribution < 1.29 is 4.79 Å². The van der Waals surface area contributed by atoms with E-state index in [1.54, 1.807) is 12.1 Å². The lowest BCUT2D eigenvalue weighted by Crippen LogP contribution is -2.30. The minimum absolute atomic E-state index is 0.112. The highest BCUT2D eigenvalue weighted by molar-refractivity contribution is 6.35. The van der Waals surface area contributed by atoms with Crippen molar-refractivity contribution in [2.45, 2.75) is 26.8 Å². The minimum Gasteiger partial charge on any atom is -0.369 e. The van der Waals surface area contributed by atoms with Crippen molar-refractivity contribution in [3.63, 3.8) is 0 Å². The lowest BCUT2D eigenvalue weighted by Gasteiger charge is -2.27. The summed E-state index contributed by atoms with van der Waals surface area (Å²) in [5.74, 6) is -0.388. The topological polar surface area (TPSA) is 45.2 Å². The molecule has 0 bridgehead atoms. The molecule has 0 atom stereocenters. The molecule has 1 aromatic carbocycles. The number of nitrogens with one attached hydrogen (secondary N) is 1. The molecule has 0 spiro atoms. The average molecular weight is 352 g/mol. The Hall–Kier alpha value is -1.78. The molecule has 23 heavy (non-hydrogen) atoms. The van der Waals surface area contributed by atoms with Crippen molar-refractivity contribution in [3.8, 4) is 0 Å². The maximum absolute atomic E-state index is 12.2. The molecule has 0 aliphatic rings. The Kier molecular flexibility index (Phi) is 5.85. The average Bonchev–Trinajstić information content (AvgIpc) is 2.51. The quantitative estimate of drug-likeness (QED) is 0.781. The molecule has 1 N–H and O–H groups in total. The summed E-state index contributed by atoms with van der Waals surface area (Å²) in [6.45, 7) is 7.33. The summed E-state index contributed by atoms with van der Waals surface area (Å²) in [5, 5.41) is 3.27. The number of aromatic nitrogens is 1. The predicted octanol–water partition coefficient (Wildman–Crippen LogP) is 4.88. The van der Waals surface area contributed by atoms with Gasteiger partial charge in [0.05, 0.1) is 5.02 Å². The minimum atomic E-state index is -0.388. The molecule has 1 aromatic heterocycles. The number of amides is 1. The fraction of sp³-hybridized carbons (Fsp3) is 0.294. The molecule has 0 aliphatic carbocycles. The van der Waals surface area contributed by atoms with Gasteiger partial charge in [-0.1, -0.05) is 23.2 Å². The van der Waals surface area contributed by atoms with E-state index < -0.39 is 0 Å². The van der Waals surface area contributed by atoms with E-state index in [1.807, 2.05) is 24.3 Å². The van der Waals surface area contributed by atoms with Crippen molar-refractivity contribution >= 4 is 40.5 Å². The van der Waals surface area contributed by atoms with E-state index >= 15 is 0 Å². The van der Waals surface area contributed by atoms with Gasteiger partial charge >= 0.3 is 0 Å². The van der Waals surface area contributed by atoms with Gasteiger partial charge in [0.2, 0.25) is 0 Å². The van der Waals surface area contributed by atoms with Gasteiger partial charge in [-0.2, -0.15) is 0 Å². The zero-order chi connectivity index (χ0) is 17.0. The molecule has 0 saturated carbocycles. The molecule has 1 amide bonds. The highest BCUT2D eigenvalue weighted by atomic mass is 35.5. The summed E-state index contributed by atoms with van der Waals surface area (Å²) >= 11 is 11.8. The highest BCUT2D eigenvalue weighted by Crippen LogP contribution is 2.22. The maximum Gasteiger partial charge on any atom is 0.275 e. The summed E-state index contributed by atoms with van der Waals surface area (Å²) in [4.78, 5) is 18.5. The molecular formula is C17H19Cl2N3O. The molecule has 6 heteroatoms. The smallest absolute Gasteiger partial charge is 0.275 e. The van der Waals surface area contributed by atoms with E-state index in [4.69, 9.17) is 23.2 Å². The van der Waals surface area contributed by atoms with Gasteiger partial charge in [0.15, 0.2) is 0 Å². The van der Waals surface area contributed by atoms with Crippen molar-refractivity contribution in [3.05, 3.63) is 52.3 Å². The summed E-state index contributed by atoms with van der Waals surface area (Å²) in [7, 11) is 0. The van der Waals surface area contributed by atoms with Crippen molar-refractivity contribution in [2.24, 2.45) is 0 Å². The summed E-state index contributed by atoms with van der Waals surface area (Å²) < 4.78 is 0. The van der Waals surface area contributed by atoms with Gasteiger partial charge in [-0.05, 0) is 57.2 Å². The third kappa shape index (κ3) is 4.36. The van der Waals surface area contributed by atoms with Crippen LogP contribution in [0, 0.1) is 0 Å². The third-order valence-corrected chi connectivity index (χ3v) is 3.96. The lowest BCUT2D eigenvalue weighted by molar-refractivity contribution is 0.102. The Balaban J connectivity index is 2.14. The van der Waals surface area contributed by atoms with Crippen LogP contribution < -0.4 is 10.2 Å². The van der Waals surface area contributed by atoms with Gasteiger partial charge in [-0.25, -0.2) is 4.98 Å². The second-order valence-electron chi connectivity index (χ2n) is 5.35. The summed E-state index contributed by atoms with van der Waals surface area (Å²) in [6, 6.07) is 11.2. The fourth-order valence-electron chi connectivity index (χ4n) is 2.35. The van der Waals surface area contributed by atoms with E-state index in [-0.39, 0.29) is 21.8 Å². The van der Waals surface area contributed by atoms with Gasteiger partial charge < -0.3 is 10.2 Å². The second-order valence-corrected chi connectivity index (χ2v) is 6.14. The molecule has 2 aromatic rings.